The van der Waals surface area contributed by atoms with Gasteiger partial charge in [-0.3, -0.25) is 5.32 Å². The van der Waals surface area contributed by atoms with E-state index in [0.717, 1.165) is 11.5 Å². The first kappa shape index (κ1) is 4.93. The molecule has 0 spiro atoms. The summed E-state index contributed by atoms with van der Waals surface area (Å²) in [6.45, 7) is 0. The second-order valence-electron chi connectivity index (χ2n) is 0.904. The molecule has 1 rings (SSSR count). The van der Waals surface area contributed by atoms with E-state index in [1.54, 1.807) is 6.19 Å². The van der Waals surface area contributed by atoms with E-state index in [2.05, 4.69) is 20.1 Å². The molecule has 0 aliphatic carbocycles. The van der Waals surface area contributed by atoms with E-state index < -0.39 is 0 Å². The highest BCUT2D eigenvalue weighted by Gasteiger charge is 1.90. The summed E-state index contributed by atoms with van der Waals surface area (Å²) in [6.07, 6.45) is 1.69. The van der Waals surface area contributed by atoms with Crippen molar-refractivity contribution in [2.75, 3.05) is 5.32 Å². The van der Waals surface area contributed by atoms with Crippen molar-refractivity contribution in [3.63, 3.8) is 0 Å². The van der Waals surface area contributed by atoms with Gasteiger partial charge in [0.25, 0.3) is 0 Å². The summed E-state index contributed by atoms with van der Waals surface area (Å²) in [6, 6.07) is 0. The Balaban J connectivity index is 2.67. The smallest absolute Gasteiger partial charge is 0.238 e. The summed E-state index contributed by atoms with van der Waals surface area (Å²) in [4.78, 5) is 0. The number of nitriles is 1. The molecule has 0 fully saturated rings. The Bertz CT molecular complexity index is 185. The molecule has 6 heteroatoms. The summed E-state index contributed by atoms with van der Waals surface area (Å²) >= 11 is 1.04. The molecule has 0 aliphatic heterocycles. The monoisotopic (exact) mass is 127 g/mol. The number of nitrogens with one attached hydrogen (secondary N) is 1. The average Bonchev–Trinajstić information content (AvgIpc) is 2.19. The zero-order chi connectivity index (χ0) is 5.82. The van der Waals surface area contributed by atoms with Gasteiger partial charge in [0, 0.05) is 11.5 Å². The van der Waals surface area contributed by atoms with Crippen LogP contribution in [0.15, 0.2) is 0 Å². The Labute approximate surface area is 49.1 Å². The molecule has 1 heterocycles. The molecule has 1 aromatic rings. The van der Waals surface area contributed by atoms with Gasteiger partial charge in [0.05, 0.1) is 0 Å². The third-order valence-electron chi connectivity index (χ3n) is 0.462. The van der Waals surface area contributed by atoms with Crippen LogP contribution >= 0.6 is 11.5 Å². The summed E-state index contributed by atoms with van der Waals surface area (Å²) in [5.41, 5.74) is 0. The fourth-order valence-corrected chi connectivity index (χ4v) is 0.544. The first-order valence-electron chi connectivity index (χ1n) is 1.73. The molecule has 0 unspecified atom stereocenters. The quantitative estimate of drug-likeness (QED) is 0.418. The normalized spacial score (nSPS) is 7.88. The average molecular weight is 127 g/mol. The summed E-state index contributed by atoms with van der Waals surface area (Å²) in [7, 11) is 0. The molecule has 0 saturated carbocycles. The topological polar surface area (TPSA) is 74.5 Å². The van der Waals surface area contributed by atoms with Crippen molar-refractivity contribution in [1.82, 2.24) is 14.8 Å². The lowest BCUT2D eigenvalue weighted by Crippen LogP contribution is -1.84. The lowest BCUT2D eigenvalue weighted by Gasteiger charge is -1.76. The molecular formula is C2HN5S. The van der Waals surface area contributed by atoms with Crippen LogP contribution in [0.2, 0.25) is 0 Å². The second-order valence-corrected chi connectivity index (χ2v) is 1.64. The van der Waals surface area contributed by atoms with E-state index >= 15 is 0 Å². The summed E-state index contributed by atoms with van der Waals surface area (Å²) in [5, 5.41) is 17.4. The van der Waals surface area contributed by atoms with Crippen LogP contribution in [0.3, 0.4) is 0 Å². The zero-order valence-corrected chi connectivity index (χ0v) is 4.51. The van der Waals surface area contributed by atoms with E-state index in [4.69, 9.17) is 5.26 Å². The van der Waals surface area contributed by atoms with Crippen LogP contribution in [0.5, 0.6) is 0 Å². The van der Waals surface area contributed by atoms with Crippen molar-refractivity contribution in [2.24, 2.45) is 0 Å². The van der Waals surface area contributed by atoms with E-state index in [1.165, 1.54) is 0 Å². The van der Waals surface area contributed by atoms with Gasteiger partial charge in [0.15, 0.2) is 6.19 Å². The van der Waals surface area contributed by atoms with E-state index in [-0.39, 0.29) is 0 Å². The van der Waals surface area contributed by atoms with Crippen molar-refractivity contribution in [3.05, 3.63) is 0 Å². The van der Waals surface area contributed by atoms with Gasteiger partial charge in [0.1, 0.15) is 0 Å². The van der Waals surface area contributed by atoms with Crippen molar-refractivity contribution in [3.8, 4) is 6.19 Å². The van der Waals surface area contributed by atoms with Gasteiger partial charge in [-0.05, 0) is 5.21 Å². The molecule has 0 radical (unpaired) electrons. The van der Waals surface area contributed by atoms with Crippen LogP contribution in [0.4, 0.5) is 5.13 Å². The third-order valence-corrected chi connectivity index (χ3v) is 0.974. The fourth-order valence-electron chi connectivity index (χ4n) is 0.230. The summed E-state index contributed by atoms with van der Waals surface area (Å²) < 4.78 is 3.41. The van der Waals surface area contributed by atoms with Gasteiger partial charge in [-0.1, -0.05) is 9.59 Å². The molecule has 8 heavy (non-hydrogen) atoms. The van der Waals surface area contributed by atoms with Crippen molar-refractivity contribution >= 4 is 16.7 Å². The lowest BCUT2D eigenvalue weighted by atomic mass is 11.1. The molecule has 40 valence electrons. The zero-order valence-electron chi connectivity index (χ0n) is 3.70. The number of hydrogen-bond donors (Lipinski definition) is 1. The largest absolute Gasteiger partial charge is 0.265 e. The van der Waals surface area contributed by atoms with Crippen molar-refractivity contribution in [1.29, 1.82) is 5.26 Å². The van der Waals surface area contributed by atoms with Crippen LogP contribution in [0, 0.1) is 11.5 Å². The maximum Gasteiger partial charge on any atom is 0.238 e. The minimum absolute atomic E-state index is 0.424. The van der Waals surface area contributed by atoms with Gasteiger partial charge in [-0.2, -0.15) is 5.26 Å². The first-order chi connectivity index (χ1) is 3.93. The van der Waals surface area contributed by atoms with Crippen LogP contribution in [-0.2, 0) is 0 Å². The van der Waals surface area contributed by atoms with Crippen molar-refractivity contribution in [2.45, 2.75) is 0 Å². The third kappa shape index (κ3) is 0.886. The number of anilines is 1. The minimum atomic E-state index is 0.424. The Morgan fingerprint density at radius 3 is 3.12 bits per heavy atom. The van der Waals surface area contributed by atoms with Gasteiger partial charge < -0.3 is 0 Å². The Kier molecular flexibility index (Phi) is 1.34. The number of aromatic nitrogens is 3. The molecule has 0 aromatic carbocycles. The Morgan fingerprint density at radius 1 is 1.75 bits per heavy atom. The molecular weight excluding hydrogens is 126 g/mol. The predicted octanol–water partition coefficient (Wildman–Crippen LogP) is -0.174. The minimum Gasteiger partial charge on any atom is -0.265 e. The Hall–Kier alpha value is -1.22. The van der Waals surface area contributed by atoms with Crippen LogP contribution < -0.4 is 5.32 Å². The molecule has 0 bridgehead atoms. The van der Waals surface area contributed by atoms with E-state index in [9.17, 15) is 0 Å². The number of nitrogens with zero attached hydrogens (tertiary/aromatic N) is 4. The molecule has 0 aliphatic rings. The van der Waals surface area contributed by atoms with Gasteiger partial charge in [-0.15, -0.1) is 0 Å². The molecule has 5 nitrogen and oxygen atoms in total. The number of hydrogen-bond acceptors (Lipinski definition) is 6. The standard InChI is InChI=1S/C2HN5S/c3-1-4-2-5-6-7-8-2/h(H,4,5,7). The number of rotatable bonds is 1. The Morgan fingerprint density at radius 2 is 2.62 bits per heavy atom. The summed E-state index contributed by atoms with van der Waals surface area (Å²) in [5.74, 6) is 0. The maximum atomic E-state index is 7.99. The van der Waals surface area contributed by atoms with Gasteiger partial charge >= 0.3 is 0 Å². The highest BCUT2D eigenvalue weighted by molar-refractivity contribution is 7.09. The predicted molar refractivity (Wildman–Crippen MR) is 26.9 cm³/mol. The molecule has 0 atom stereocenters. The van der Waals surface area contributed by atoms with Crippen molar-refractivity contribution < 1.29 is 0 Å². The highest BCUT2D eigenvalue weighted by atomic mass is 32.1. The molecule has 0 saturated heterocycles. The molecule has 1 aromatic heterocycles. The van der Waals surface area contributed by atoms with E-state index in [1.807, 2.05) is 0 Å². The van der Waals surface area contributed by atoms with Crippen LogP contribution in [0.1, 0.15) is 0 Å². The molecule has 0 amide bonds. The lowest BCUT2D eigenvalue weighted by molar-refractivity contribution is 0.961. The molecule has 1 N–H and O–H groups in total. The van der Waals surface area contributed by atoms with Gasteiger partial charge in [0.2, 0.25) is 5.13 Å². The van der Waals surface area contributed by atoms with E-state index in [0.29, 0.717) is 5.13 Å². The van der Waals surface area contributed by atoms with Crippen LogP contribution in [0.25, 0.3) is 0 Å². The van der Waals surface area contributed by atoms with Crippen LogP contribution in [-0.4, -0.2) is 14.8 Å². The maximum absolute atomic E-state index is 7.99. The van der Waals surface area contributed by atoms with Gasteiger partial charge in [-0.25, -0.2) is 0 Å². The second kappa shape index (κ2) is 2.18. The first-order valence-corrected chi connectivity index (χ1v) is 2.51. The SMILES string of the molecule is N#CNc1nnns1. The highest BCUT2D eigenvalue weighted by Crippen LogP contribution is 2.01. The fraction of sp³-hybridized carbons (Fsp3) is 0.